The van der Waals surface area contributed by atoms with E-state index < -0.39 is 0 Å². The molecule has 3 rings (SSSR count). The highest BCUT2D eigenvalue weighted by Gasteiger charge is 2.18. The van der Waals surface area contributed by atoms with Crippen LogP contribution in [0.1, 0.15) is 34.8 Å². The van der Waals surface area contributed by atoms with Gasteiger partial charge in [-0.25, -0.2) is 0 Å². The van der Waals surface area contributed by atoms with Crippen LogP contribution < -0.4 is 16.0 Å². The summed E-state index contributed by atoms with van der Waals surface area (Å²) in [6.45, 7) is 1.42. The zero-order valence-corrected chi connectivity index (χ0v) is 15.9. The van der Waals surface area contributed by atoms with E-state index in [0.717, 1.165) is 4.88 Å². The second-order valence-electron chi connectivity index (χ2n) is 6.03. The molecule has 1 aromatic carbocycles. The predicted octanol–water partition coefficient (Wildman–Crippen LogP) is 3.80. The minimum atomic E-state index is -0.390. The van der Waals surface area contributed by atoms with Crippen molar-refractivity contribution in [3.05, 3.63) is 70.8 Å². The number of hydrogen-bond donors (Lipinski definition) is 3. The summed E-state index contributed by atoms with van der Waals surface area (Å²) in [4.78, 5) is 36.9. The number of benzene rings is 1. The Morgan fingerprint density at radius 1 is 1.04 bits per heavy atom. The van der Waals surface area contributed by atoms with Gasteiger partial charge >= 0.3 is 0 Å². The Morgan fingerprint density at radius 2 is 1.82 bits per heavy atom. The lowest BCUT2D eigenvalue weighted by molar-refractivity contribution is -0.120. The zero-order valence-electron chi connectivity index (χ0n) is 15.1. The number of amides is 3. The van der Waals surface area contributed by atoms with Gasteiger partial charge in [0, 0.05) is 23.2 Å². The van der Waals surface area contributed by atoms with Crippen LogP contribution in [-0.2, 0) is 9.59 Å². The third-order valence-corrected chi connectivity index (χ3v) is 4.79. The summed E-state index contributed by atoms with van der Waals surface area (Å²) in [6.07, 6.45) is 1.52. The number of thiophene rings is 1. The second-order valence-corrected chi connectivity index (χ2v) is 7.01. The van der Waals surface area contributed by atoms with Gasteiger partial charge in [0.25, 0.3) is 5.91 Å². The SMILES string of the molecule is CC(=O)N[C@H](CC(=O)Nc1cccc(NC(=O)c2ccco2)c1)c1cccs1. The van der Waals surface area contributed by atoms with Gasteiger partial charge in [0.1, 0.15) is 0 Å². The minimum absolute atomic E-state index is 0.100. The average molecular weight is 397 g/mol. The fraction of sp³-hybridized carbons (Fsp3) is 0.150. The second kappa shape index (κ2) is 9.01. The summed E-state index contributed by atoms with van der Waals surface area (Å²) in [6, 6.07) is 13.4. The average Bonchev–Trinajstić information content (AvgIpc) is 3.35. The first-order chi connectivity index (χ1) is 13.5. The third-order valence-electron chi connectivity index (χ3n) is 3.80. The van der Waals surface area contributed by atoms with Gasteiger partial charge < -0.3 is 20.4 Å². The maximum atomic E-state index is 12.5. The van der Waals surface area contributed by atoms with Crippen molar-refractivity contribution >= 4 is 40.4 Å². The third kappa shape index (κ3) is 5.31. The van der Waals surface area contributed by atoms with E-state index >= 15 is 0 Å². The standard InChI is InChI=1S/C20H19N3O4S/c1-13(24)21-16(18-8-4-10-28-18)12-19(25)22-14-5-2-6-15(11-14)23-20(26)17-7-3-9-27-17/h2-11,16H,12H2,1H3,(H,21,24)(H,22,25)(H,23,26)/t16-/m1/s1. The molecule has 3 aromatic rings. The quantitative estimate of drug-likeness (QED) is 0.564. The molecule has 0 aliphatic carbocycles. The molecular formula is C20H19N3O4S. The van der Waals surface area contributed by atoms with Gasteiger partial charge in [-0.3, -0.25) is 14.4 Å². The summed E-state index contributed by atoms with van der Waals surface area (Å²) in [7, 11) is 0. The summed E-state index contributed by atoms with van der Waals surface area (Å²) in [5.41, 5.74) is 1.06. The maximum Gasteiger partial charge on any atom is 0.291 e. The normalized spacial score (nSPS) is 11.5. The molecule has 3 amide bonds. The van der Waals surface area contributed by atoms with E-state index in [4.69, 9.17) is 4.42 Å². The molecule has 1 atom stereocenters. The van der Waals surface area contributed by atoms with Crippen LogP contribution in [0.25, 0.3) is 0 Å². The Bertz CT molecular complexity index is 952. The lowest BCUT2D eigenvalue weighted by Crippen LogP contribution is -2.29. The summed E-state index contributed by atoms with van der Waals surface area (Å²) in [5.74, 6) is -0.629. The summed E-state index contributed by atoms with van der Waals surface area (Å²) in [5, 5.41) is 10.2. The molecule has 0 spiro atoms. The predicted molar refractivity (Wildman–Crippen MR) is 107 cm³/mol. The van der Waals surface area contributed by atoms with Crippen molar-refractivity contribution in [1.82, 2.24) is 5.32 Å². The molecule has 2 heterocycles. The Kier molecular flexibility index (Phi) is 6.23. The fourth-order valence-electron chi connectivity index (χ4n) is 2.63. The summed E-state index contributed by atoms with van der Waals surface area (Å²) < 4.78 is 5.06. The van der Waals surface area contributed by atoms with E-state index in [1.807, 2.05) is 17.5 Å². The van der Waals surface area contributed by atoms with Crippen LogP contribution in [0.5, 0.6) is 0 Å². The molecule has 0 unspecified atom stereocenters. The number of carbonyl (C=O) groups excluding carboxylic acids is 3. The van der Waals surface area contributed by atoms with Crippen molar-refractivity contribution < 1.29 is 18.8 Å². The fourth-order valence-corrected chi connectivity index (χ4v) is 3.41. The largest absolute Gasteiger partial charge is 0.459 e. The van der Waals surface area contributed by atoms with Crippen molar-refractivity contribution in [2.45, 2.75) is 19.4 Å². The van der Waals surface area contributed by atoms with Crippen LogP contribution in [0.15, 0.2) is 64.6 Å². The number of carbonyl (C=O) groups is 3. The number of furan rings is 1. The van der Waals surface area contributed by atoms with Gasteiger partial charge in [-0.15, -0.1) is 11.3 Å². The minimum Gasteiger partial charge on any atom is -0.459 e. The smallest absolute Gasteiger partial charge is 0.291 e. The Morgan fingerprint density at radius 3 is 2.46 bits per heavy atom. The van der Waals surface area contributed by atoms with Crippen LogP contribution in [-0.4, -0.2) is 17.7 Å². The Hall–Kier alpha value is -3.39. The number of hydrogen-bond acceptors (Lipinski definition) is 5. The Balaban J connectivity index is 1.63. The summed E-state index contributed by atoms with van der Waals surface area (Å²) >= 11 is 1.48. The van der Waals surface area contributed by atoms with E-state index in [-0.39, 0.29) is 35.9 Å². The first-order valence-electron chi connectivity index (χ1n) is 8.56. The molecular weight excluding hydrogens is 378 g/mol. The molecule has 144 valence electrons. The van der Waals surface area contributed by atoms with E-state index in [0.29, 0.717) is 11.4 Å². The lowest BCUT2D eigenvalue weighted by Gasteiger charge is -2.16. The molecule has 0 aliphatic rings. The van der Waals surface area contributed by atoms with Crippen LogP contribution in [0.3, 0.4) is 0 Å². The van der Waals surface area contributed by atoms with Crippen molar-refractivity contribution in [2.24, 2.45) is 0 Å². The van der Waals surface area contributed by atoms with Crippen LogP contribution in [0.4, 0.5) is 11.4 Å². The monoisotopic (exact) mass is 397 g/mol. The van der Waals surface area contributed by atoms with Gasteiger partial charge in [-0.2, -0.15) is 0 Å². The number of rotatable bonds is 7. The van der Waals surface area contributed by atoms with Crippen LogP contribution in [0.2, 0.25) is 0 Å². The highest BCUT2D eigenvalue weighted by Crippen LogP contribution is 2.23. The maximum absolute atomic E-state index is 12.5. The molecule has 2 aromatic heterocycles. The number of anilines is 2. The van der Waals surface area contributed by atoms with E-state index in [9.17, 15) is 14.4 Å². The molecule has 7 nitrogen and oxygen atoms in total. The van der Waals surface area contributed by atoms with Gasteiger partial charge in [0.15, 0.2) is 5.76 Å². The zero-order chi connectivity index (χ0) is 19.9. The molecule has 8 heteroatoms. The molecule has 0 saturated carbocycles. The van der Waals surface area contributed by atoms with Crippen molar-refractivity contribution in [1.29, 1.82) is 0 Å². The molecule has 0 radical (unpaired) electrons. The van der Waals surface area contributed by atoms with Gasteiger partial charge in [-0.05, 0) is 41.8 Å². The van der Waals surface area contributed by atoms with E-state index in [1.54, 1.807) is 36.4 Å². The number of nitrogens with one attached hydrogen (secondary N) is 3. The van der Waals surface area contributed by atoms with Gasteiger partial charge in [-0.1, -0.05) is 12.1 Å². The lowest BCUT2D eigenvalue weighted by atomic mass is 10.1. The van der Waals surface area contributed by atoms with Gasteiger partial charge in [0.2, 0.25) is 11.8 Å². The molecule has 0 bridgehead atoms. The molecule has 0 aliphatic heterocycles. The van der Waals surface area contributed by atoms with Crippen molar-refractivity contribution in [3.8, 4) is 0 Å². The highest BCUT2D eigenvalue weighted by molar-refractivity contribution is 7.10. The van der Waals surface area contributed by atoms with Crippen LogP contribution >= 0.6 is 11.3 Å². The van der Waals surface area contributed by atoms with Crippen molar-refractivity contribution in [3.63, 3.8) is 0 Å². The van der Waals surface area contributed by atoms with Crippen LogP contribution in [0, 0.1) is 0 Å². The molecule has 0 fully saturated rings. The van der Waals surface area contributed by atoms with E-state index in [1.165, 1.54) is 24.5 Å². The molecule has 28 heavy (non-hydrogen) atoms. The molecule has 0 saturated heterocycles. The van der Waals surface area contributed by atoms with Crippen molar-refractivity contribution in [2.75, 3.05) is 10.6 Å². The Labute approximate surface area is 165 Å². The van der Waals surface area contributed by atoms with E-state index in [2.05, 4.69) is 16.0 Å². The topological polar surface area (TPSA) is 100 Å². The molecule has 3 N–H and O–H groups in total. The van der Waals surface area contributed by atoms with Gasteiger partial charge in [0.05, 0.1) is 18.7 Å². The highest BCUT2D eigenvalue weighted by atomic mass is 32.1. The first kappa shape index (κ1) is 19.4. The first-order valence-corrected chi connectivity index (χ1v) is 9.44.